The molecule has 0 unspecified atom stereocenters. The Morgan fingerprint density at radius 2 is 2.31 bits per heavy atom. The molecule has 2 aliphatic heterocycles. The van der Waals surface area contributed by atoms with Gasteiger partial charge < -0.3 is 9.64 Å². The summed E-state index contributed by atoms with van der Waals surface area (Å²) in [5, 5.41) is 0. The highest BCUT2D eigenvalue weighted by molar-refractivity contribution is 9.10. The lowest BCUT2D eigenvalue weighted by Crippen LogP contribution is -2.41. The normalized spacial score (nSPS) is 29.2. The van der Waals surface area contributed by atoms with Crippen LogP contribution in [0.2, 0.25) is 0 Å². The molecule has 2 saturated heterocycles. The van der Waals surface area contributed by atoms with Crippen molar-refractivity contribution in [2.45, 2.75) is 18.9 Å². The van der Waals surface area contributed by atoms with Crippen molar-refractivity contribution < 1.29 is 4.74 Å². The number of fused-ring (bicyclic) bond motifs is 1. The Hall–Kier alpha value is -0.610. The summed E-state index contributed by atoms with van der Waals surface area (Å²) in [7, 11) is 0. The smallest absolute Gasteiger partial charge is 0.0637 e. The van der Waals surface area contributed by atoms with Crippen LogP contribution in [0, 0.1) is 5.92 Å². The van der Waals surface area contributed by atoms with Crippen LogP contribution in [0.5, 0.6) is 0 Å². The highest BCUT2D eigenvalue weighted by Crippen LogP contribution is 2.31. The standard InChI is InChI=1S/C12H15BrN2O/c13-10-5-11(7-14-6-10)15-3-1-12-9(8-15)2-4-16-12/h5-7,9,12H,1-4,8H2/t9-,12+/m1/s1. The number of piperidine rings is 1. The van der Waals surface area contributed by atoms with Gasteiger partial charge in [0.2, 0.25) is 0 Å². The molecule has 0 N–H and O–H groups in total. The largest absolute Gasteiger partial charge is 0.378 e. The van der Waals surface area contributed by atoms with Crippen molar-refractivity contribution in [3.63, 3.8) is 0 Å². The third kappa shape index (κ3) is 1.96. The van der Waals surface area contributed by atoms with Gasteiger partial charge in [0.1, 0.15) is 0 Å². The number of hydrogen-bond acceptors (Lipinski definition) is 3. The van der Waals surface area contributed by atoms with E-state index in [4.69, 9.17) is 4.74 Å². The van der Waals surface area contributed by atoms with E-state index in [1.54, 1.807) is 0 Å². The lowest BCUT2D eigenvalue weighted by atomic mass is 9.94. The molecular weight excluding hydrogens is 268 g/mol. The Morgan fingerprint density at radius 1 is 1.38 bits per heavy atom. The first-order valence-electron chi connectivity index (χ1n) is 5.80. The molecule has 4 heteroatoms. The lowest BCUT2D eigenvalue weighted by molar-refractivity contribution is 0.0773. The summed E-state index contributed by atoms with van der Waals surface area (Å²) in [6, 6.07) is 2.14. The van der Waals surface area contributed by atoms with E-state index in [-0.39, 0.29) is 0 Å². The molecule has 0 aromatic carbocycles. The van der Waals surface area contributed by atoms with Crippen LogP contribution < -0.4 is 4.90 Å². The molecule has 0 bridgehead atoms. The van der Waals surface area contributed by atoms with Crippen molar-refractivity contribution >= 4 is 21.6 Å². The van der Waals surface area contributed by atoms with Gasteiger partial charge in [-0.2, -0.15) is 0 Å². The predicted molar refractivity (Wildman–Crippen MR) is 66.6 cm³/mol. The average Bonchev–Trinajstić information content (AvgIpc) is 2.75. The fraction of sp³-hybridized carbons (Fsp3) is 0.583. The minimum Gasteiger partial charge on any atom is -0.378 e. The van der Waals surface area contributed by atoms with E-state index in [1.165, 1.54) is 12.1 Å². The number of halogens is 1. The molecule has 0 spiro atoms. The van der Waals surface area contributed by atoms with Crippen molar-refractivity contribution in [3.05, 3.63) is 22.9 Å². The Bertz CT molecular complexity index is 385. The first-order chi connectivity index (χ1) is 7.83. The molecule has 2 atom stereocenters. The molecule has 2 fully saturated rings. The van der Waals surface area contributed by atoms with Gasteiger partial charge in [-0.25, -0.2) is 0 Å². The van der Waals surface area contributed by atoms with E-state index in [0.29, 0.717) is 12.0 Å². The molecule has 2 aliphatic rings. The lowest BCUT2D eigenvalue weighted by Gasteiger charge is -2.35. The fourth-order valence-corrected chi connectivity index (χ4v) is 3.04. The summed E-state index contributed by atoms with van der Waals surface area (Å²) >= 11 is 3.47. The van der Waals surface area contributed by atoms with Gasteiger partial charge in [-0.1, -0.05) is 0 Å². The number of hydrogen-bond donors (Lipinski definition) is 0. The molecule has 1 aromatic heterocycles. The van der Waals surface area contributed by atoms with Crippen LogP contribution in [0.4, 0.5) is 5.69 Å². The molecule has 3 heterocycles. The van der Waals surface area contributed by atoms with Gasteiger partial charge in [0, 0.05) is 36.3 Å². The van der Waals surface area contributed by atoms with Crippen LogP contribution in [0.25, 0.3) is 0 Å². The predicted octanol–water partition coefficient (Wildman–Crippen LogP) is 2.46. The summed E-state index contributed by atoms with van der Waals surface area (Å²) in [4.78, 5) is 6.65. The minimum atomic E-state index is 0.511. The summed E-state index contributed by atoms with van der Waals surface area (Å²) in [6.07, 6.45) is 6.65. The van der Waals surface area contributed by atoms with E-state index in [1.807, 2.05) is 12.4 Å². The van der Waals surface area contributed by atoms with Gasteiger partial charge in [0.15, 0.2) is 0 Å². The Balaban J connectivity index is 1.76. The van der Waals surface area contributed by atoms with Crippen LogP contribution in [-0.2, 0) is 4.74 Å². The maximum atomic E-state index is 5.71. The number of nitrogens with zero attached hydrogens (tertiary/aromatic N) is 2. The van der Waals surface area contributed by atoms with Crippen LogP contribution >= 0.6 is 15.9 Å². The summed E-state index contributed by atoms with van der Waals surface area (Å²) in [6.45, 7) is 3.14. The molecule has 1 aromatic rings. The monoisotopic (exact) mass is 282 g/mol. The zero-order valence-electron chi connectivity index (χ0n) is 9.10. The minimum absolute atomic E-state index is 0.511. The number of ether oxygens (including phenoxy) is 1. The third-order valence-corrected chi connectivity index (χ3v) is 3.97. The van der Waals surface area contributed by atoms with Crippen molar-refractivity contribution in [1.29, 1.82) is 0 Å². The third-order valence-electron chi connectivity index (χ3n) is 3.54. The van der Waals surface area contributed by atoms with E-state index >= 15 is 0 Å². The van der Waals surface area contributed by atoms with E-state index in [0.717, 1.165) is 30.6 Å². The van der Waals surface area contributed by atoms with Gasteiger partial charge in [-0.05, 0) is 34.8 Å². The zero-order chi connectivity index (χ0) is 11.0. The van der Waals surface area contributed by atoms with Gasteiger partial charge in [0.05, 0.1) is 18.0 Å². The van der Waals surface area contributed by atoms with Crippen molar-refractivity contribution in [2.24, 2.45) is 5.92 Å². The van der Waals surface area contributed by atoms with E-state index in [9.17, 15) is 0 Å². The van der Waals surface area contributed by atoms with Crippen LogP contribution in [-0.4, -0.2) is 30.8 Å². The molecule has 16 heavy (non-hydrogen) atoms. The highest BCUT2D eigenvalue weighted by atomic mass is 79.9. The van der Waals surface area contributed by atoms with Crippen LogP contribution in [0.1, 0.15) is 12.8 Å². The quantitative estimate of drug-likeness (QED) is 0.791. The van der Waals surface area contributed by atoms with Crippen molar-refractivity contribution in [2.75, 3.05) is 24.6 Å². The summed E-state index contributed by atoms with van der Waals surface area (Å²) in [5.41, 5.74) is 1.22. The van der Waals surface area contributed by atoms with E-state index in [2.05, 4.69) is 31.9 Å². The Morgan fingerprint density at radius 3 is 3.19 bits per heavy atom. The summed E-state index contributed by atoms with van der Waals surface area (Å²) < 4.78 is 6.76. The molecule has 0 saturated carbocycles. The molecule has 3 rings (SSSR count). The number of pyridine rings is 1. The maximum Gasteiger partial charge on any atom is 0.0637 e. The second-order valence-electron chi connectivity index (χ2n) is 4.55. The fourth-order valence-electron chi connectivity index (χ4n) is 2.69. The molecule has 3 nitrogen and oxygen atoms in total. The Labute approximate surface area is 104 Å². The number of rotatable bonds is 1. The Kier molecular flexibility index (Phi) is 2.86. The first kappa shape index (κ1) is 10.5. The molecule has 0 amide bonds. The number of anilines is 1. The second kappa shape index (κ2) is 4.34. The number of aromatic nitrogens is 1. The average molecular weight is 283 g/mol. The SMILES string of the molecule is Brc1cncc(N2CC[C@@H]3OCC[C@@H]3C2)c1. The highest BCUT2D eigenvalue weighted by Gasteiger charge is 2.33. The topological polar surface area (TPSA) is 25.4 Å². The van der Waals surface area contributed by atoms with Gasteiger partial charge in [0.25, 0.3) is 0 Å². The molecule has 86 valence electrons. The van der Waals surface area contributed by atoms with Gasteiger partial charge >= 0.3 is 0 Å². The zero-order valence-corrected chi connectivity index (χ0v) is 10.7. The summed E-state index contributed by atoms with van der Waals surface area (Å²) in [5.74, 6) is 0.715. The van der Waals surface area contributed by atoms with Gasteiger partial charge in [-0.3, -0.25) is 4.98 Å². The van der Waals surface area contributed by atoms with Crippen LogP contribution in [0.3, 0.4) is 0 Å². The first-order valence-corrected chi connectivity index (χ1v) is 6.59. The molecular formula is C12H15BrN2O. The molecule has 0 aliphatic carbocycles. The van der Waals surface area contributed by atoms with E-state index < -0.39 is 0 Å². The van der Waals surface area contributed by atoms with Crippen molar-refractivity contribution in [1.82, 2.24) is 4.98 Å². The van der Waals surface area contributed by atoms with Gasteiger partial charge in [-0.15, -0.1) is 0 Å². The maximum absolute atomic E-state index is 5.71. The second-order valence-corrected chi connectivity index (χ2v) is 5.47. The molecule has 0 radical (unpaired) electrons. The van der Waals surface area contributed by atoms with Crippen LogP contribution in [0.15, 0.2) is 22.9 Å². The van der Waals surface area contributed by atoms with Crippen molar-refractivity contribution in [3.8, 4) is 0 Å².